The summed E-state index contributed by atoms with van der Waals surface area (Å²) in [6, 6.07) is 1.96. The van der Waals surface area contributed by atoms with Gasteiger partial charge in [-0.1, -0.05) is 53.5 Å². The molecule has 3 aromatic carbocycles. The predicted molar refractivity (Wildman–Crippen MR) is 386 cm³/mol. The third kappa shape index (κ3) is 14.6. The standard InChI is InChI=1S/2C25H25N7O4.C24H23N7O4/c2*1-15-4-6-17(7-5-15)24(34)30-8-10-31(11-9-30)25(35)22(33)18-12-26-21-20(18)19(36-3)13-27-23(21)32-14-28-16(2)29-32;1-15-27-14-31(28-15)22-20-19(18(35-2)13-26-22)17(12-25-20)21(32)24(34)30-10-8-29(9-11-30)23(33)16-6-4-3-5-7-16/h2*4-7,12-14,26H,8-11H2,1-3H3;3-7,12-14,25H,8-11H2,1-2H3/i4D,5D,6D,7D,8D2,9D2,10D2,11D2;4D,5D,6D,7D;8D2,9D2,10D2,11D2. The van der Waals surface area contributed by atoms with E-state index in [1.54, 1.807) is 20.8 Å². The average molecular weight is 1470 g/mol. The number of piperazine rings is 3. The molecule has 33 nitrogen and oxygen atoms in total. The second kappa shape index (κ2) is 30.8. The van der Waals surface area contributed by atoms with E-state index in [-0.39, 0.29) is 116 Å². The van der Waals surface area contributed by atoms with Gasteiger partial charge in [0, 0.05) is 113 Å². The number of nitrogens with one attached hydrogen (secondary N) is 3. The van der Waals surface area contributed by atoms with Crippen molar-refractivity contribution >= 4 is 85.5 Å². The van der Waals surface area contributed by atoms with E-state index in [0.29, 0.717) is 39.9 Å². The van der Waals surface area contributed by atoms with Crippen molar-refractivity contribution in [2.24, 2.45) is 0 Å². The molecule has 0 atom stereocenters. The maximum absolute atomic E-state index is 13.8. The highest BCUT2D eigenvalue weighted by Gasteiger charge is 2.36. The summed E-state index contributed by atoms with van der Waals surface area (Å²) in [7, 11) is 3.92. The van der Waals surface area contributed by atoms with Crippen molar-refractivity contribution in [1.82, 2.24) is 104 Å². The Morgan fingerprint density at radius 3 is 1.00 bits per heavy atom. The monoisotopic (exact) mass is 1470 g/mol. The van der Waals surface area contributed by atoms with Gasteiger partial charge in [-0.05, 0) is 70.9 Å². The van der Waals surface area contributed by atoms with E-state index >= 15 is 0 Å². The van der Waals surface area contributed by atoms with Crippen molar-refractivity contribution in [3.05, 3.63) is 197 Å². The number of hydrogen-bond acceptors (Lipinski definition) is 21. The SMILES string of the molecule is [2H]C1([2H])N(C(=O)C(=O)c2c[nH]c3c(-n4cnc(C)n4)ncc(OC)c23)C([2H])([2H])C([2H])([2H])N(C(=O)c2ccccc2)C1([2H])[2H].[2H]c1c([2H])c(C(=O)N2C([2H])([2H])C([2H])([2H])N(C(=O)C(=O)c3c[nH]c4c(-n5cnc(C)n5)ncc(OC)c34)C([2H])([2H])C2([2H])[2H])c([2H])c([2H])c1C.[2H]c1c([2H])c(C(=O)N2CCN(C(=O)C(=O)c3c[nH]c4c(-n5cnc(C)n5)ncc(OC)c34)CC2)c([2H])c([2H])c1C. The summed E-state index contributed by atoms with van der Waals surface area (Å²) >= 11 is 0. The van der Waals surface area contributed by atoms with Crippen LogP contribution in [0.4, 0.5) is 0 Å². The van der Waals surface area contributed by atoms with Gasteiger partial charge in [-0.25, -0.2) is 43.9 Å². The van der Waals surface area contributed by atoms with E-state index in [9.17, 15) is 43.2 Å². The number of ketones is 3. The molecular weight excluding hydrogens is 1370 g/mol. The van der Waals surface area contributed by atoms with E-state index < -0.39 is 172 Å². The molecule has 0 unspecified atom stereocenters. The number of hydrogen-bond donors (Lipinski definition) is 3. The highest BCUT2D eigenvalue weighted by molar-refractivity contribution is 6.46. The van der Waals surface area contributed by atoms with E-state index in [2.05, 4.69) is 60.2 Å². The van der Waals surface area contributed by atoms with Crippen LogP contribution >= 0.6 is 0 Å². The number of benzene rings is 3. The van der Waals surface area contributed by atoms with Crippen molar-refractivity contribution in [3.8, 4) is 34.7 Å². The molecule has 12 aromatic rings. The molecule has 107 heavy (non-hydrogen) atoms. The molecule has 6 amide bonds. The first-order chi connectivity index (χ1) is 61.1. The molecule has 3 N–H and O–H groups in total. The van der Waals surface area contributed by atoms with Gasteiger partial charge in [-0.15, -0.1) is 0 Å². The molecule has 3 fully saturated rings. The summed E-state index contributed by atoms with van der Waals surface area (Å²) in [4.78, 5) is 156. The fraction of sp³-hybridized carbons (Fsp3) is 0.270. The Morgan fingerprint density at radius 2 is 0.682 bits per heavy atom. The maximum Gasteiger partial charge on any atom is 0.295 e. The Kier molecular flexibility index (Phi) is 13.7. The summed E-state index contributed by atoms with van der Waals surface area (Å²) < 4.78 is 221. The molecule has 33 heteroatoms. The Hall–Kier alpha value is -13.6. The Morgan fingerprint density at radius 1 is 0.383 bits per heavy atom. The van der Waals surface area contributed by atoms with Crippen LogP contribution in [-0.2, 0) is 14.4 Å². The van der Waals surface area contributed by atoms with Crippen molar-refractivity contribution < 1.29 is 90.3 Å². The molecule has 0 spiro atoms. The maximum atomic E-state index is 13.8. The predicted octanol–water partition coefficient (Wildman–Crippen LogP) is 5.50. The van der Waals surface area contributed by atoms with Gasteiger partial charge in [0.2, 0.25) is 0 Å². The topological polar surface area (TPSA) is 379 Å². The molecular formula is C74H73N21O12. The van der Waals surface area contributed by atoms with Crippen LogP contribution in [0, 0.1) is 34.6 Å². The zero-order chi connectivity index (χ0) is 96.6. The number of aromatic amines is 3. The molecule has 0 saturated carbocycles. The number of ether oxygens (including phenoxy) is 3. The number of fused-ring (bicyclic) bond motifs is 3. The fourth-order valence-corrected chi connectivity index (χ4v) is 10.8. The number of rotatable bonds is 15. The lowest BCUT2D eigenvalue weighted by atomic mass is 10.1. The molecule has 0 aliphatic carbocycles. The number of methoxy groups -OCH3 is 3. The summed E-state index contributed by atoms with van der Waals surface area (Å²) in [6.45, 7) is -22.9. The zero-order valence-corrected chi connectivity index (χ0v) is 57.4. The largest absolute Gasteiger partial charge is 0.494 e. The molecule has 3 saturated heterocycles. The first-order valence-electron chi connectivity index (χ1n) is 43.7. The molecule has 0 radical (unpaired) electrons. The van der Waals surface area contributed by atoms with Gasteiger partial charge in [0.05, 0.1) is 122 Å². The van der Waals surface area contributed by atoms with Gasteiger partial charge < -0.3 is 58.6 Å². The highest BCUT2D eigenvalue weighted by atomic mass is 16.5. The van der Waals surface area contributed by atoms with Crippen molar-refractivity contribution in [2.45, 2.75) is 34.6 Å². The van der Waals surface area contributed by atoms with Crippen LogP contribution < -0.4 is 14.2 Å². The van der Waals surface area contributed by atoms with Crippen LogP contribution in [0.2, 0.25) is 0 Å². The Bertz CT molecular complexity index is 6650. The minimum atomic E-state index is -3.99. The van der Waals surface area contributed by atoms with Crippen molar-refractivity contribution in [1.29, 1.82) is 0 Å². The molecule has 9 aromatic heterocycles. The van der Waals surface area contributed by atoms with Gasteiger partial charge >= 0.3 is 0 Å². The highest BCUT2D eigenvalue weighted by Crippen LogP contribution is 2.35. The summed E-state index contributed by atoms with van der Waals surface area (Å²) in [5, 5.41) is 12.9. The fourth-order valence-electron chi connectivity index (χ4n) is 10.8. The number of carbonyl (C=O) groups excluding carboxylic acids is 9. The van der Waals surface area contributed by atoms with E-state index in [4.69, 9.17) is 47.1 Å². The Balaban J connectivity index is 0.000000168. The van der Waals surface area contributed by atoms with Crippen molar-refractivity contribution in [3.63, 3.8) is 0 Å². The molecule has 15 rings (SSSR count). The number of amides is 6. The second-order valence-corrected chi connectivity index (χ2v) is 22.9. The number of carbonyl (C=O) groups is 9. The quantitative estimate of drug-likeness (QED) is 0.0842. The van der Waals surface area contributed by atoms with Crippen molar-refractivity contribution in [2.75, 3.05) is 99.5 Å². The van der Waals surface area contributed by atoms with Crippen LogP contribution in [0.25, 0.3) is 50.2 Å². The smallest absolute Gasteiger partial charge is 0.295 e. The zero-order valence-electron chi connectivity index (χ0n) is 81.4. The Labute approximate surface area is 643 Å². The van der Waals surface area contributed by atoms with Crippen LogP contribution in [0.1, 0.15) is 124 Å². The van der Waals surface area contributed by atoms with Crippen LogP contribution in [0.5, 0.6) is 17.2 Å². The number of aryl methyl sites for hydroxylation is 3. The van der Waals surface area contributed by atoms with Gasteiger partial charge in [-0.2, -0.15) is 15.3 Å². The summed E-state index contributed by atoms with van der Waals surface area (Å²) in [5.41, 5.74) is -1.93. The lowest BCUT2D eigenvalue weighted by Gasteiger charge is -2.34. The first kappa shape index (κ1) is 47.6. The average Bonchev–Trinajstić information content (AvgIpc) is 1.51. The second-order valence-electron chi connectivity index (χ2n) is 22.9. The summed E-state index contributed by atoms with van der Waals surface area (Å²) in [6.07, 6.45) is 11.5. The number of nitrogens with zero attached hydrogens (tertiary/aromatic N) is 18. The van der Waals surface area contributed by atoms with Gasteiger partial charge in [0.15, 0.2) is 17.5 Å². The van der Waals surface area contributed by atoms with E-state index in [0.717, 1.165) is 12.4 Å². The van der Waals surface area contributed by atoms with E-state index in [1.807, 2.05) is 0 Å². The lowest BCUT2D eigenvalue weighted by molar-refractivity contribution is -0.128. The minimum Gasteiger partial charge on any atom is -0.494 e. The van der Waals surface area contributed by atoms with Gasteiger partial charge in [0.25, 0.3) is 52.8 Å². The van der Waals surface area contributed by atoms with Crippen LogP contribution in [0.15, 0.2) is 135 Å². The molecule has 546 valence electrons. The molecule has 3 aliphatic rings. The molecule has 3 aliphatic heterocycles. The van der Waals surface area contributed by atoms with E-state index in [1.165, 1.54) is 133 Å². The third-order valence-corrected chi connectivity index (χ3v) is 16.1. The minimum absolute atomic E-state index is 0.00273. The number of H-pyrrole nitrogens is 3. The molecule has 0 bridgehead atoms. The third-order valence-electron chi connectivity index (χ3n) is 16.1. The van der Waals surface area contributed by atoms with Crippen LogP contribution in [0.3, 0.4) is 0 Å². The lowest BCUT2D eigenvalue weighted by Crippen LogP contribution is -2.52. The van der Waals surface area contributed by atoms with Gasteiger partial charge in [-0.3, -0.25) is 43.2 Å². The molecule has 12 heterocycles. The number of aromatic nitrogens is 15. The summed E-state index contributed by atoms with van der Waals surface area (Å²) in [5.74, 6) is -10.4. The van der Waals surface area contributed by atoms with Crippen LogP contribution in [-0.4, -0.2) is 256 Å². The number of pyridine rings is 3. The first-order valence-corrected chi connectivity index (χ1v) is 31.7. The normalized spacial score (nSPS) is 20.8. The van der Waals surface area contributed by atoms with Gasteiger partial charge in [0.1, 0.15) is 53.7 Å². The number of Topliss-reactive ketones (excluding diaryl/α,β-unsaturated/α-hetero) is 3.